The maximum Gasteiger partial charge on any atom is 0.245 e. The number of amides is 1. The van der Waals surface area contributed by atoms with Gasteiger partial charge in [0.2, 0.25) is 11.7 Å². The molecule has 2 atom stereocenters. The second-order valence-corrected chi connectivity index (χ2v) is 7.05. The van der Waals surface area contributed by atoms with Gasteiger partial charge in [-0.1, -0.05) is 11.6 Å². The first kappa shape index (κ1) is 18.4. The maximum absolute atomic E-state index is 11.7. The fourth-order valence-corrected chi connectivity index (χ4v) is 3.10. The third kappa shape index (κ3) is 3.91. The molecule has 24 heavy (non-hydrogen) atoms. The topological polar surface area (TPSA) is 74.2 Å². The Morgan fingerprint density at radius 2 is 2.08 bits per heavy atom. The Balaban J connectivity index is 0.000000242. The Kier molecular flexibility index (Phi) is 5.90. The van der Waals surface area contributed by atoms with Gasteiger partial charge in [0, 0.05) is 6.07 Å². The predicted molar refractivity (Wildman–Crippen MR) is 94.9 cm³/mol. The molecule has 2 unspecified atom stereocenters. The second kappa shape index (κ2) is 7.72. The summed E-state index contributed by atoms with van der Waals surface area (Å²) in [5.41, 5.74) is 2.14. The third-order valence-electron chi connectivity index (χ3n) is 3.55. The summed E-state index contributed by atoms with van der Waals surface area (Å²) in [7, 11) is 3.13. The zero-order valence-electron chi connectivity index (χ0n) is 14.5. The zero-order chi connectivity index (χ0) is 17.9. The summed E-state index contributed by atoms with van der Waals surface area (Å²) in [6.07, 6.45) is 6.12. The van der Waals surface area contributed by atoms with Crippen molar-refractivity contribution < 1.29 is 18.8 Å². The van der Waals surface area contributed by atoms with E-state index in [1.165, 1.54) is 10.6 Å². The summed E-state index contributed by atoms with van der Waals surface area (Å²) in [5, 5.41) is 5.18. The van der Waals surface area contributed by atoms with Crippen LogP contribution in [0.25, 0.3) is 6.08 Å². The molecule has 1 amide bonds. The summed E-state index contributed by atoms with van der Waals surface area (Å²) in [6, 6.07) is 4.12. The quantitative estimate of drug-likeness (QED) is 0.617. The van der Waals surface area contributed by atoms with E-state index in [0.717, 1.165) is 5.56 Å². The van der Waals surface area contributed by atoms with E-state index >= 15 is 0 Å². The Hall–Kier alpha value is -1.99. The molecule has 2 heterocycles. The van der Waals surface area contributed by atoms with E-state index in [-0.39, 0.29) is 5.91 Å². The fraction of sp³-hybridized carbons (Fsp3) is 0.412. The van der Waals surface area contributed by atoms with Gasteiger partial charge in [-0.25, -0.2) is 5.01 Å². The number of methoxy groups -OCH3 is 2. The molecule has 0 bridgehead atoms. The number of rotatable bonds is 4. The molecule has 1 saturated heterocycles. The van der Waals surface area contributed by atoms with Gasteiger partial charge in [0.25, 0.3) is 0 Å². The van der Waals surface area contributed by atoms with Crippen molar-refractivity contribution in [2.45, 2.75) is 31.2 Å². The number of carbonyl (C=O) groups is 1. The van der Waals surface area contributed by atoms with E-state index in [0.29, 0.717) is 28.9 Å². The molecule has 3 rings (SSSR count). The molecule has 1 aromatic carbocycles. The average molecular weight is 350 g/mol. The summed E-state index contributed by atoms with van der Waals surface area (Å²) in [5.74, 6) is 1.31. The van der Waals surface area contributed by atoms with E-state index in [4.69, 9.17) is 9.47 Å². The maximum atomic E-state index is 11.7. The summed E-state index contributed by atoms with van der Waals surface area (Å²) in [4.78, 5) is 11.0. The lowest BCUT2D eigenvalue weighted by atomic mass is 10.0. The third-order valence-corrected chi connectivity index (χ3v) is 4.47. The van der Waals surface area contributed by atoms with Gasteiger partial charge in [-0.2, -0.15) is 5.10 Å². The molecule has 0 saturated carbocycles. The molecular weight excluding hydrogens is 328 g/mol. The summed E-state index contributed by atoms with van der Waals surface area (Å²) >= 11 is -1.11. The van der Waals surface area contributed by atoms with Gasteiger partial charge in [0.15, 0.2) is 10.6 Å². The lowest BCUT2D eigenvalue weighted by Crippen LogP contribution is -2.56. The van der Waals surface area contributed by atoms with Gasteiger partial charge in [0.1, 0.15) is 12.3 Å². The highest BCUT2D eigenvalue weighted by Crippen LogP contribution is 2.36. The lowest BCUT2D eigenvalue weighted by molar-refractivity contribution is -0.144. The molecule has 0 spiro atoms. The highest BCUT2D eigenvalue weighted by atomic mass is 32.2. The van der Waals surface area contributed by atoms with Gasteiger partial charge in [-0.15, -0.1) is 0 Å². The summed E-state index contributed by atoms with van der Waals surface area (Å²) < 4.78 is 22.2. The lowest BCUT2D eigenvalue weighted by Gasteiger charge is -2.39. The van der Waals surface area contributed by atoms with Gasteiger partial charge < -0.3 is 14.0 Å². The monoisotopic (exact) mass is 350 g/mol. The van der Waals surface area contributed by atoms with Crippen LogP contribution in [0.5, 0.6) is 11.5 Å². The van der Waals surface area contributed by atoms with Crippen molar-refractivity contribution in [1.29, 1.82) is 0 Å². The number of β-lactam (4-membered cyclic amide) rings is 1. The Labute approximate surface area is 145 Å². The molecule has 0 aliphatic carbocycles. The van der Waals surface area contributed by atoms with Crippen molar-refractivity contribution >= 4 is 29.4 Å². The number of hydrazone groups is 1. The molecule has 130 valence electrons. The van der Waals surface area contributed by atoms with E-state index < -0.39 is 11.2 Å². The molecule has 2 aliphatic rings. The fourth-order valence-electron chi connectivity index (χ4n) is 2.36. The first-order valence-electron chi connectivity index (χ1n) is 7.48. The molecule has 2 aliphatic heterocycles. The van der Waals surface area contributed by atoms with Crippen molar-refractivity contribution in [2.24, 2.45) is 5.10 Å². The molecule has 7 heteroatoms. The normalized spacial score (nSPS) is 18.3. The van der Waals surface area contributed by atoms with Crippen LogP contribution in [0.3, 0.4) is 0 Å². The highest BCUT2D eigenvalue weighted by Gasteiger charge is 2.40. The first-order valence-corrected chi connectivity index (χ1v) is 9.03. The molecular formula is C17H22N2O4S. The van der Waals surface area contributed by atoms with Crippen molar-refractivity contribution in [3.05, 3.63) is 23.3 Å². The van der Waals surface area contributed by atoms with Gasteiger partial charge in [0.05, 0.1) is 26.9 Å². The van der Waals surface area contributed by atoms with Crippen molar-refractivity contribution in [1.82, 2.24) is 5.01 Å². The van der Waals surface area contributed by atoms with Gasteiger partial charge in [-0.05, 0) is 36.7 Å². The first-order chi connectivity index (χ1) is 11.4. The predicted octanol–water partition coefficient (Wildman–Crippen LogP) is 2.45. The van der Waals surface area contributed by atoms with Crippen LogP contribution in [0.15, 0.2) is 27.7 Å². The standard InChI is InChI=1S/C13H18O3S.C4H4N2O/c1-9(2)6-10-7-11(15-3)13(16-4)12(8-10)17(5)14;7-4-1-3-2-5-6(3)4/h6-8H,1-5H3;2-3H,1H2. The van der Waals surface area contributed by atoms with Crippen LogP contribution in [0, 0.1) is 0 Å². The molecule has 0 aromatic heterocycles. The molecule has 1 aromatic rings. The van der Waals surface area contributed by atoms with Gasteiger partial charge >= 0.3 is 0 Å². The zero-order valence-corrected chi connectivity index (χ0v) is 15.3. The molecule has 1 fully saturated rings. The van der Waals surface area contributed by atoms with Crippen LogP contribution in [0.1, 0.15) is 25.8 Å². The van der Waals surface area contributed by atoms with Crippen LogP contribution < -0.4 is 9.47 Å². The van der Waals surface area contributed by atoms with Crippen molar-refractivity contribution in [3.63, 3.8) is 0 Å². The number of hydrogen-bond acceptors (Lipinski definition) is 5. The summed E-state index contributed by atoms with van der Waals surface area (Å²) in [6.45, 7) is 4.03. The number of allylic oxidation sites excluding steroid dienone is 1. The van der Waals surface area contributed by atoms with E-state index in [9.17, 15) is 9.35 Å². The van der Waals surface area contributed by atoms with Crippen molar-refractivity contribution in [2.75, 3.05) is 20.5 Å². The Bertz CT molecular complexity index is 681. The number of nitrogens with zero attached hydrogens (tertiary/aromatic N) is 2. The molecule has 0 radical (unpaired) electrons. The minimum absolute atomic E-state index is 0.160. The molecule has 0 N–H and O–H groups in total. The minimum atomic E-state index is -1.11. The van der Waals surface area contributed by atoms with Crippen molar-refractivity contribution in [3.8, 4) is 11.5 Å². The average Bonchev–Trinajstić information content (AvgIpc) is 2.51. The number of benzene rings is 1. The second-order valence-electron chi connectivity index (χ2n) is 5.70. The smallest absolute Gasteiger partial charge is 0.245 e. The number of fused-ring (bicyclic) bond motifs is 1. The SMILES string of the molecule is COc1cc(C=C(C)C)cc([S+](C)[O-])c1OC.O=C1CC2C=NN12. The van der Waals surface area contributed by atoms with Crippen LogP contribution in [0.4, 0.5) is 0 Å². The number of carbonyl (C=O) groups excluding carboxylic acids is 1. The Morgan fingerprint density at radius 3 is 2.38 bits per heavy atom. The van der Waals surface area contributed by atoms with E-state index in [1.54, 1.807) is 26.7 Å². The number of ether oxygens (including phenoxy) is 2. The molecule has 6 nitrogen and oxygen atoms in total. The van der Waals surface area contributed by atoms with E-state index in [1.807, 2.05) is 32.1 Å². The van der Waals surface area contributed by atoms with E-state index in [2.05, 4.69) is 5.10 Å². The van der Waals surface area contributed by atoms with Crippen LogP contribution in [-0.4, -0.2) is 48.2 Å². The largest absolute Gasteiger partial charge is 0.612 e. The van der Waals surface area contributed by atoms with Crippen LogP contribution in [-0.2, 0) is 16.0 Å². The minimum Gasteiger partial charge on any atom is -0.612 e. The Morgan fingerprint density at radius 1 is 1.38 bits per heavy atom. The van der Waals surface area contributed by atoms with Crippen LogP contribution >= 0.6 is 0 Å². The number of hydrogen-bond donors (Lipinski definition) is 0. The van der Waals surface area contributed by atoms with Crippen LogP contribution in [0.2, 0.25) is 0 Å². The van der Waals surface area contributed by atoms with Gasteiger partial charge in [-0.3, -0.25) is 4.79 Å². The highest BCUT2D eigenvalue weighted by molar-refractivity contribution is 7.90.